The third-order valence-electron chi connectivity index (χ3n) is 8.37. The van der Waals surface area contributed by atoms with E-state index in [1.165, 1.54) is 11.2 Å². The molecule has 0 radical (unpaired) electrons. The van der Waals surface area contributed by atoms with Gasteiger partial charge in [-0.15, -0.1) is 10.2 Å². The van der Waals surface area contributed by atoms with E-state index in [9.17, 15) is 26.4 Å². The van der Waals surface area contributed by atoms with Crippen LogP contribution in [-0.2, 0) is 41.6 Å². The summed E-state index contributed by atoms with van der Waals surface area (Å²) in [6.45, 7) is 2.06. The first-order chi connectivity index (χ1) is 18.3. The molecule has 1 saturated heterocycles. The number of fused-ring (bicyclic) bond motifs is 1. The molecule has 3 aromatic rings. The van der Waals surface area contributed by atoms with Crippen molar-refractivity contribution in [3.05, 3.63) is 76.4 Å². The van der Waals surface area contributed by atoms with Crippen molar-refractivity contribution >= 4 is 21.4 Å². The Morgan fingerprint density at radius 2 is 1.87 bits per heavy atom. The van der Waals surface area contributed by atoms with Gasteiger partial charge in [-0.1, -0.05) is 12.1 Å². The molecule has 3 aliphatic rings. The van der Waals surface area contributed by atoms with Gasteiger partial charge in [-0.3, -0.25) is 4.79 Å². The Morgan fingerprint density at radius 1 is 1.13 bits per heavy atom. The lowest BCUT2D eigenvalue weighted by Gasteiger charge is -2.40. The molecule has 2 aromatic carbocycles. The second kappa shape index (κ2) is 8.62. The van der Waals surface area contributed by atoms with Crippen molar-refractivity contribution in [2.45, 2.75) is 56.4 Å². The van der Waals surface area contributed by atoms with Crippen molar-refractivity contribution in [1.29, 1.82) is 0 Å². The highest BCUT2D eigenvalue weighted by Gasteiger charge is 2.54. The van der Waals surface area contributed by atoms with Crippen molar-refractivity contribution in [1.82, 2.24) is 20.1 Å². The average molecular weight is 560 g/mol. The molecule has 39 heavy (non-hydrogen) atoms. The summed E-state index contributed by atoms with van der Waals surface area (Å²) in [6, 6.07) is 9.47. The molecule has 12 heteroatoms. The molecule has 206 valence electrons. The van der Waals surface area contributed by atoms with E-state index >= 15 is 0 Å². The van der Waals surface area contributed by atoms with Crippen LogP contribution >= 0.6 is 0 Å². The minimum atomic E-state index is -4.62. The number of nitrogens with one attached hydrogen (secondary N) is 1. The SMILES string of the molecule is Cn1cnnc1C1(c2cccc(N3Cc4c(cc(CNC5(C)CCC5)cc4C(F)(F)F)C3=O)c2)CS(=O)(=O)C1. The van der Waals surface area contributed by atoms with Crippen molar-refractivity contribution in [3.8, 4) is 0 Å². The van der Waals surface area contributed by atoms with Gasteiger partial charge in [-0.2, -0.15) is 13.2 Å². The van der Waals surface area contributed by atoms with Gasteiger partial charge in [0.1, 0.15) is 12.2 Å². The summed E-state index contributed by atoms with van der Waals surface area (Å²) in [5.74, 6) is -0.379. The van der Waals surface area contributed by atoms with Crippen LogP contribution in [0.25, 0.3) is 0 Å². The standard InChI is InChI=1S/C27H28F3N5O3S/c1-25(7-4-8-25)31-12-17-9-20-21(22(10-17)27(28,29)30)13-35(23(20)36)19-6-3-5-18(11-19)26(14-39(37,38)15-26)24-33-32-16-34(24)2/h3,5-6,9-11,16,31H,4,7-8,12-15H2,1-2H3. The van der Waals surface area contributed by atoms with Gasteiger partial charge in [0.2, 0.25) is 0 Å². The number of carbonyl (C=O) groups excluding carboxylic acids is 1. The molecule has 3 heterocycles. The van der Waals surface area contributed by atoms with Gasteiger partial charge in [0, 0.05) is 30.4 Å². The van der Waals surface area contributed by atoms with Crippen LogP contribution in [0, 0.1) is 0 Å². The molecule has 1 N–H and O–H groups in total. The number of sulfone groups is 1. The summed E-state index contributed by atoms with van der Waals surface area (Å²) in [7, 11) is -1.57. The van der Waals surface area contributed by atoms with E-state index in [-0.39, 0.29) is 41.3 Å². The number of alkyl halides is 3. The monoisotopic (exact) mass is 559 g/mol. The predicted molar refractivity (Wildman–Crippen MR) is 138 cm³/mol. The van der Waals surface area contributed by atoms with Crippen LogP contribution in [0.1, 0.15) is 64.6 Å². The Hall–Kier alpha value is -3.25. The number of carbonyl (C=O) groups is 1. The summed E-state index contributed by atoms with van der Waals surface area (Å²) < 4.78 is 68.7. The number of halogens is 3. The van der Waals surface area contributed by atoms with Gasteiger partial charge in [-0.25, -0.2) is 8.42 Å². The van der Waals surface area contributed by atoms with Crippen LogP contribution in [-0.4, -0.2) is 46.1 Å². The fraction of sp³-hybridized carbons (Fsp3) is 0.444. The van der Waals surface area contributed by atoms with E-state index in [0.717, 1.165) is 25.3 Å². The van der Waals surface area contributed by atoms with Crippen LogP contribution < -0.4 is 10.2 Å². The van der Waals surface area contributed by atoms with Crippen LogP contribution in [0.4, 0.5) is 18.9 Å². The third-order valence-corrected chi connectivity index (χ3v) is 10.2. The summed E-state index contributed by atoms with van der Waals surface area (Å²) in [4.78, 5) is 14.9. The maximum atomic E-state index is 14.2. The first-order valence-electron chi connectivity index (χ1n) is 12.8. The van der Waals surface area contributed by atoms with Gasteiger partial charge in [0.15, 0.2) is 9.84 Å². The summed E-state index contributed by atoms with van der Waals surface area (Å²) >= 11 is 0. The van der Waals surface area contributed by atoms with Gasteiger partial charge >= 0.3 is 6.18 Å². The molecule has 1 amide bonds. The second-order valence-corrected chi connectivity index (χ2v) is 13.3. The zero-order chi connectivity index (χ0) is 27.8. The molecular weight excluding hydrogens is 531 g/mol. The van der Waals surface area contributed by atoms with Gasteiger partial charge < -0.3 is 14.8 Å². The van der Waals surface area contributed by atoms with Gasteiger partial charge in [-0.05, 0) is 67.1 Å². The average Bonchev–Trinajstić information content (AvgIpc) is 3.42. The number of aromatic nitrogens is 3. The van der Waals surface area contributed by atoms with E-state index in [1.807, 2.05) is 0 Å². The molecule has 0 spiro atoms. The highest BCUT2D eigenvalue weighted by atomic mass is 32.2. The smallest absolute Gasteiger partial charge is 0.320 e. The molecule has 2 fully saturated rings. The van der Waals surface area contributed by atoms with Crippen LogP contribution in [0.5, 0.6) is 0 Å². The normalized spacial score (nSPS) is 20.8. The predicted octanol–water partition coefficient (Wildman–Crippen LogP) is 3.74. The van der Waals surface area contributed by atoms with E-state index < -0.39 is 32.9 Å². The van der Waals surface area contributed by atoms with Crippen molar-refractivity contribution in [3.63, 3.8) is 0 Å². The van der Waals surface area contributed by atoms with E-state index in [2.05, 4.69) is 22.4 Å². The maximum Gasteiger partial charge on any atom is 0.416 e. The van der Waals surface area contributed by atoms with Crippen molar-refractivity contribution in [2.75, 3.05) is 16.4 Å². The Morgan fingerprint density at radius 3 is 2.46 bits per heavy atom. The second-order valence-electron chi connectivity index (χ2n) is 11.3. The molecule has 6 rings (SSSR count). The number of nitrogens with zero attached hydrogens (tertiary/aromatic N) is 4. The molecule has 1 saturated carbocycles. The first kappa shape index (κ1) is 26.0. The Balaban J connectivity index is 1.36. The van der Waals surface area contributed by atoms with Gasteiger partial charge in [0.05, 0.1) is 29.0 Å². The molecule has 0 bridgehead atoms. The number of aryl methyl sites for hydroxylation is 1. The Labute approximate surface area is 224 Å². The number of anilines is 1. The molecule has 0 atom stereocenters. The fourth-order valence-corrected chi connectivity index (χ4v) is 8.06. The Bertz CT molecular complexity index is 1580. The number of amides is 1. The minimum absolute atomic E-state index is 0.0417. The number of hydrogen-bond donors (Lipinski definition) is 1. The molecule has 8 nitrogen and oxygen atoms in total. The topological polar surface area (TPSA) is 97.2 Å². The minimum Gasteiger partial charge on any atom is -0.320 e. The van der Waals surface area contributed by atoms with Crippen LogP contribution in [0.2, 0.25) is 0 Å². The van der Waals surface area contributed by atoms with Crippen molar-refractivity contribution in [2.24, 2.45) is 7.05 Å². The Kier molecular flexibility index (Phi) is 5.75. The third kappa shape index (κ3) is 4.33. The molecule has 1 aliphatic carbocycles. The number of rotatable bonds is 6. The summed E-state index contributed by atoms with van der Waals surface area (Å²) in [5, 5.41) is 11.4. The number of hydrogen-bond acceptors (Lipinski definition) is 6. The van der Waals surface area contributed by atoms with Crippen molar-refractivity contribution < 1.29 is 26.4 Å². The van der Waals surface area contributed by atoms with E-state index in [1.54, 1.807) is 41.9 Å². The fourth-order valence-electron chi connectivity index (χ4n) is 6.05. The zero-order valence-corrected chi connectivity index (χ0v) is 22.4. The molecule has 1 aromatic heterocycles. The number of benzene rings is 2. The molecule has 2 aliphatic heterocycles. The molecule has 0 unspecified atom stereocenters. The first-order valence-corrected chi connectivity index (χ1v) is 14.6. The largest absolute Gasteiger partial charge is 0.416 e. The highest BCUT2D eigenvalue weighted by molar-refractivity contribution is 7.93. The summed E-state index contributed by atoms with van der Waals surface area (Å²) in [5.41, 5.74) is -0.433. The lowest BCUT2D eigenvalue weighted by atomic mass is 9.78. The van der Waals surface area contributed by atoms with E-state index in [0.29, 0.717) is 22.6 Å². The maximum absolute atomic E-state index is 14.2. The molecular formula is C27H28F3N5O3S. The van der Waals surface area contributed by atoms with Crippen LogP contribution in [0.3, 0.4) is 0 Å². The quantitative estimate of drug-likeness (QED) is 0.494. The van der Waals surface area contributed by atoms with E-state index in [4.69, 9.17) is 0 Å². The highest BCUT2D eigenvalue weighted by Crippen LogP contribution is 2.44. The lowest BCUT2D eigenvalue weighted by Crippen LogP contribution is -2.54. The lowest BCUT2D eigenvalue weighted by molar-refractivity contribution is -0.138. The van der Waals surface area contributed by atoms with Crippen LogP contribution in [0.15, 0.2) is 42.7 Å². The zero-order valence-electron chi connectivity index (χ0n) is 21.5. The summed E-state index contributed by atoms with van der Waals surface area (Å²) in [6.07, 6.45) is -0.122. The van der Waals surface area contributed by atoms with Gasteiger partial charge in [0.25, 0.3) is 5.91 Å².